The minimum Gasteiger partial charge on any atom is -0.299 e. The molecule has 0 aromatic heterocycles. The number of hydrogen-bond acceptors (Lipinski definition) is 2. The first kappa shape index (κ1) is 20.0. The molecule has 24 heavy (non-hydrogen) atoms. The lowest BCUT2D eigenvalue weighted by atomic mass is 9.75. The van der Waals surface area contributed by atoms with E-state index in [0.717, 1.165) is 19.6 Å². The van der Waals surface area contributed by atoms with Gasteiger partial charge in [-0.25, -0.2) is 0 Å². The van der Waals surface area contributed by atoms with Crippen molar-refractivity contribution in [1.29, 1.82) is 0 Å². The molecule has 0 radical (unpaired) electrons. The van der Waals surface area contributed by atoms with Crippen LogP contribution in [0.2, 0.25) is 10.0 Å². The largest absolute Gasteiger partial charge is 0.299 e. The van der Waals surface area contributed by atoms with Gasteiger partial charge in [-0.1, -0.05) is 68.8 Å². The molecule has 0 amide bonds. The van der Waals surface area contributed by atoms with Gasteiger partial charge in [-0.05, 0) is 43.4 Å². The summed E-state index contributed by atoms with van der Waals surface area (Å²) >= 11 is 12.3. The summed E-state index contributed by atoms with van der Waals surface area (Å²) in [5.74, 6) is 0.507. The monoisotopic (exact) mass is 371 g/mol. The van der Waals surface area contributed by atoms with Crippen LogP contribution in [0.5, 0.6) is 0 Å². The maximum atomic E-state index is 6.21. The van der Waals surface area contributed by atoms with E-state index >= 15 is 0 Å². The van der Waals surface area contributed by atoms with Crippen LogP contribution < -0.4 is 0 Å². The number of hydroxylamine groups is 2. The zero-order valence-corrected chi connectivity index (χ0v) is 16.6. The van der Waals surface area contributed by atoms with Crippen molar-refractivity contribution >= 4 is 23.2 Å². The molecule has 0 saturated heterocycles. The van der Waals surface area contributed by atoms with Gasteiger partial charge >= 0.3 is 0 Å². The standard InChI is InChI=1S/C20H31Cl2NO/c1-3-5-7-8-14-24-23(13-6-4-2)20-12-10-17(20)16-9-11-18(21)19(22)15-16/h9,11,15,17,20H,3-8,10,12-14H2,1-2H3. The van der Waals surface area contributed by atoms with Gasteiger partial charge in [0.05, 0.1) is 16.7 Å². The predicted octanol–water partition coefficient (Wildman–Crippen LogP) is 6.85. The topological polar surface area (TPSA) is 12.5 Å². The van der Waals surface area contributed by atoms with Crippen molar-refractivity contribution in [3.8, 4) is 0 Å². The maximum absolute atomic E-state index is 6.21. The Bertz CT molecular complexity index is 495. The lowest BCUT2D eigenvalue weighted by molar-refractivity contribution is -0.208. The Hall–Kier alpha value is -0.280. The summed E-state index contributed by atoms with van der Waals surface area (Å²) in [4.78, 5) is 6.17. The first-order chi connectivity index (χ1) is 11.7. The molecule has 0 N–H and O–H groups in total. The summed E-state index contributed by atoms with van der Waals surface area (Å²) in [7, 11) is 0. The van der Waals surface area contributed by atoms with Gasteiger partial charge in [0, 0.05) is 18.5 Å². The number of hydrogen-bond donors (Lipinski definition) is 0. The van der Waals surface area contributed by atoms with Gasteiger partial charge in [-0.3, -0.25) is 4.84 Å². The zero-order chi connectivity index (χ0) is 17.4. The van der Waals surface area contributed by atoms with E-state index in [9.17, 15) is 0 Å². The lowest BCUT2D eigenvalue weighted by Crippen LogP contribution is -2.46. The molecule has 2 nitrogen and oxygen atoms in total. The third-order valence-corrected chi connectivity index (χ3v) is 5.71. The minimum absolute atomic E-state index is 0.472. The molecule has 1 aliphatic carbocycles. The third kappa shape index (κ3) is 5.62. The van der Waals surface area contributed by atoms with Crippen LogP contribution in [-0.4, -0.2) is 24.3 Å². The van der Waals surface area contributed by atoms with Crippen molar-refractivity contribution in [1.82, 2.24) is 5.06 Å². The second-order valence-electron chi connectivity index (χ2n) is 6.81. The lowest BCUT2D eigenvalue weighted by Gasteiger charge is -2.44. The molecule has 1 saturated carbocycles. The van der Waals surface area contributed by atoms with E-state index in [4.69, 9.17) is 28.0 Å². The molecule has 4 heteroatoms. The van der Waals surface area contributed by atoms with Gasteiger partial charge in [0.15, 0.2) is 0 Å². The van der Waals surface area contributed by atoms with E-state index in [1.165, 1.54) is 50.5 Å². The molecular weight excluding hydrogens is 341 g/mol. The van der Waals surface area contributed by atoms with E-state index < -0.39 is 0 Å². The Labute approximate surface area is 157 Å². The van der Waals surface area contributed by atoms with Crippen molar-refractivity contribution in [3.63, 3.8) is 0 Å². The third-order valence-electron chi connectivity index (χ3n) is 4.97. The zero-order valence-electron chi connectivity index (χ0n) is 15.1. The number of benzene rings is 1. The van der Waals surface area contributed by atoms with Crippen LogP contribution in [0.3, 0.4) is 0 Å². The number of halogens is 2. The SMILES string of the molecule is CCCCCCON(CCCC)C1CCC1c1ccc(Cl)c(Cl)c1. The van der Waals surface area contributed by atoms with Crippen molar-refractivity contribution in [2.45, 2.75) is 77.2 Å². The van der Waals surface area contributed by atoms with Crippen LogP contribution in [0.4, 0.5) is 0 Å². The molecule has 1 aromatic rings. The Morgan fingerprint density at radius 2 is 1.79 bits per heavy atom. The van der Waals surface area contributed by atoms with E-state index in [-0.39, 0.29) is 0 Å². The Morgan fingerprint density at radius 3 is 2.42 bits per heavy atom. The fraction of sp³-hybridized carbons (Fsp3) is 0.700. The summed E-state index contributed by atoms with van der Waals surface area (Å²) in [6.45, 7) is 6.34. The highest BCUT2D eigenvalue weighted by atomic mass is 35.5. The van der Waals surface area contributed by atoms with Crippen molar-refractivity contribution in [3.05, 3.63) is 33.8 Å². The van der Waals surface area contributed by atoms with Crippen LogP contribution >= 0.6 is 23.2 Å². The van der Waals surface area contributed by atoms with Gasteiger partial charge in [0.2, 0.25) is 0 Å². The molecule has 2 atom stereocenters. The highest BCUT2D eigenvalue weighted by Crippen LogP contribution is 2.42. The molecule has 0 aliphatic heterocycles. The van der Waals surface area contributed by atoms with Crippen LogP contribution in [0.1, 0.15) is 76.7 Å². The summed E-state index contributed by atoms with van der Waals surface area (Å²) in [5.41, 5.74) is 1.29. The molecule has 136 valence electrons. The van der Waals surface area contributed by atoms with Crippen molar-refractivity contribution < 1.29 is 4.84 Å². The fourth-order valence-electron chi connectivity index (χ4n) is 3.31. The van der Waals surface area contributed by atoms with Gasteiger partial charge in [0.25, 0.3) is 0 Å². The molecule has 0 spiro atoms. The summed E-state index contributed by atoms with van der Waals surface area (Å²) in [6, 6.07) is 6.53. The summed E-state index contributed by atoms with van der Waals surface area (Å²) in [5, 5.41) is 3.54. The maximum Gasteiger partial charge on any atom is 0.0685 e. The molecule has 0 heterocycles. The quantitative estimate of drug-likeness (QED) is 0.311. The van der Waals surface area contributed by atoms with Crippen molar-refractivity contribution in [2.75, 3.05) is 13.2 Å². The Kier molecular flexibility index (Phi) is 8.89. The van der Waals surface area contributed by atoms with Gasteiger partial charge in [0.1, 0.15) is 0 Å². The van der Waals surface area contributed by atoms with Crippen LogP contribution in [0, 0.1) is 0 Å². The second kappa shape index (κ2) is 10.7. The summed E-state index contributed by atoms with van der Waals surface area (Å²) < 4.78 is 0. The number of nitrogens with zero attached hydrogens (tertiary/aromatic N) is 1. The molecule has 1 aromatic carbocycles. The van der Waals surface area contributed by atoms with Gasteiger partial charge in [-0.2, -0.15) is 5.06 Å². The van der Waals surface area contributed by atoms with E-state index in [1.807, 2.05) is 12.1 Å². The van der Waals surface area contributed by atoms with Crippen LogP contribution in [0.25, 0.3) is 0 Å². The molecule has 1 fully saturated rings. The van der Waals surface area contributed by atoms with Gasteiger partial charge in [-0.15, -0.1) is 0 Å². The smallest absolute Gasteiger partial charge is 0.0685 e. The van der Waals surface area contributed by atoms with Crippen LogP contribution in [0.15, 0.2) is 18.2 Å². The fourth-order valence-corrected chi connectivity index (χ4v) is 3.62. The predicted molar refractivity (Wildman–Crippen MR) is 104 cm³/mol. The number of rotatable bonds is 11. The average molecular weight is 372 g/mol. The van der Waals surface area contributed by atoms with E-state index in [0.29, 0.717) is 22.0 Å². The molecule has 2 unspecified atom stereocenters. The highest BCUT2D eigenvalue weighted by molar-refractivity contribution is 6.42. The van der Waals surface area contributed by atoms with Crippen LogP contribution in [-0.2, 0) is 4.84 Å². The minimum atomic E-state index is 0.472. The summed E-state index contributed by atoms with van der Waals surface area (Å²) in [6.07, 6.45) is 9.75. The molecule has 1 aliphatic rings. The van der Waals surface area contributed by atoms with Gasteiger partial charge < -0.3 is 0 Å². The Balaban J connectivity index is 1.93. The average Bonchev–Trinajstić information content (AvgIpc) is 2.54. The number of unbranched alkanes of at least 4 members (excludes halogenated alkanes) is 4. The first-order valence-electron chi connectivity index (χ1n) is 9.51. The molecule has 0 bridgehead atoms. The van der Waals surface area contributed by atoms with Crippen molar-refractivity contribution in [2.24, 2.45) is 0 Å². The molecular formula is C20H31Cl2NO. The normalized spacial score (nSPS) is 20.4. The molecule has 2 rings (SSSR count). The van der Waals surface area contributed by atoms with E-state index in [1.54, 1.807) is 0 Å². The second-order valence-corrected chi connectivity index (χ2v) is 7.63. The highest BCUT2D eigenvalue weighted by Gasteiger charge is 2.37. The van der Waals surface area contributed by atoms with E-state index in [2.05, 4.69) is 25.0 Å². The first-order valence-corrected chi connectivity index (χ1v) is 10.3. The Morgan fingerprint density at radius 1 is 1.00 bits per heavy atom.